The third kappa shape index (κ3) is 4.81. The molecule has 1 aromatic heterocycles. The van der Waals surface area contributed by atoms with Crippen LogP contribution in [0.3, 0.4) is 0 Å². The number of aromatic nitrogens is 2. The van der Waals surface area contributed by atoms with Crippen molar-refractivity contribution in [1.29, 1.82) is 0 Å². The first-order valence-corrected chi connectivity index (χ1v) is 9.73. The highest BCUT2D eigenvalue weighted by Gasteiger charge is 2.18. The highest BCUT2D eigenvalue weighted by molar-refractivity contribution is 7.91. The molecule has 0 fully saturated rings. The Morgan fingerprint density at radius 3 is 2.33 bits per heavy atom. The SMILES string of the molecule is CCc1nn(CCS(=O)(=O)CC)c(CC)c1CC(N)CC. The molecular formula is C15H29N3O2S. The van der Waals surface area contributed by atoms with Gasteiger partial charge in [-0.1, -0.05) is 27.7 Å². The molecule has 0 aliphatic carbocycles. The molecule has 0 amide bonds. The summed E-state index contributed by atoms with van der Waals surface area (Å²) in [7, 11) is -2.97. The van der Waals surface area contributed by atoms with E-state index in [-0.39, 0.29) is 17.5 Å². The zero-order valence-corrected chi connectivity index (χ0v) is 14.5. The maximum atomic E-state index is 11.7. The minimum Gasteiger partial charge on any atom is -0.327 e. The molecule has 1 aromatic rings. The number of rotatable bonds is 9. The van der Waals surface area contributed by atoms with Crippen LogP contribution in [0.1, 0.15) is 51.1 Å². The number of nitrogens with zero attached hydrogens (tertiary/aromatic N) is 2. The first-order valence-electron chi connectivity index (χ1n) is 7.91. The van der Waals surface area contributed by atoms with E-state index < -0.39 is 9.84 Å². The summed E-state index contributed by atoms with van der Waals surface area (Å²) in [6.45, 7) is 8.37. The summed E-state index contributed by atoms with van der Waals surface area (Å²) in [6.07, 6.45) is 3.46. The molecule has 0 saturated carbocycles. The third-order valence-electron chi connectivity index (χ3n) is 3.96. The standard InChI is InChI=1S/C15H29N3O2S/c1-5-12(16)11-13-14(6-2)17-18(15(13)7-3)9-10-21(19,20)8-4/h12H,5-11,16H2,1-4H3. The van der Waals surface area contributed by atoms with E-state index in [2.05, 4.69) is 25.9 Å². The topological polar surface area (TPSA) is 78.0 Å². The summed E-state index contributed by atoms with van der Waals surface area (Å²) >= 11 is 0. The van der Waals surface area contributed by atoms with Crippen molar-refractivity contribution in [2.75, 3.05) is 11.5 Å². The fraction of sp³-hybridized carbons (Fsp3) is 0.800. The van der Waals surface area contributed by atoms with Gasteiger partial charge in [-0.2, -0.15) is 5.10 Å². The second-order valence-corrected chi connectivity index (χ2v) is 7.88. The highest BCUT2D eigenvalue weighted by atomic mass is 32.2. The molecule has 0 saturated heterocycles. The van der Waals surface area contributed by atoms with Crippen LogP contribution in [0, 0.1) is 0 Å². The minimum atomic E-state index is -2.97. The lowest BCUT2D eigenvalue weighted by Crippen LogP contribution is -2.22. The zero-order valence-electron chi connectivity index (χ0n) is 13.7. The Labute approximate surface area is 128 Å². The van der Waals surface area contributed by atoms with Gasteiger partial charge in [0.1, 0.15) is 0 Å². The van der Waals surface area contributed by atoms with Crippen LogP contribution in [0.15, 0.2) is 0 Å². The highest BCUT2D eigenvalue weighted by Crippen LogP contribution is 2.19. The van der Waals surface area contributed by atoms with Crippen molar-refractivity contribution in [1.82, 2.24) is 9.78 Å². The van der Waals surface area contributed by atoms with Crippen LogP contribution in [0.5, 0.6) is 0 Å². The monoisotopic (exact) mass is 315 g/mol. The summed E-state index contributed by atoms with van der Waals surface area (Å²) in [5.74, 6) is 0.338. The Hall–Kier alpha value is -0.880. The molecule has 2 N–H and O–H groups in total. The molecule has 0 aliphatic rings. The Morgan fingerprint density at radius 2 is 1.86 bits per heavy atom. The molecule has 1 rings (SSSR count). The summed E-state index contributed by atoms with van der Waals surface area (Å²) in [4.78, 5) is 0. The predicted octanol–water partition coefficient (Wildman–Crippen LogP) is 1.72. The van der Waals surface area contributed by atoms with Gasteiger partial charge in [-0.05, 0) is 31.2 Å². The van der Waals surface area contributed by atoms with Crippen LogP contribution in [0.4, 0.5) is 0 Å². The van der Waals surface area contributed by atoms with Gasteiger partial charge in [0.05, 0.1) is 18.0 Å². The van der Waals surface area contributed by atoms with Gasteiger partial charge >= 0.3 is 0 Å². The first-order chi connectivity index (χ1) is 9.88. The molecule has 1 heterocycles. The van der Waals surface area contributed by atoms with Gasteiger partial charge in [-0.3, -0.25) is 4.68 Å². The third-order valence-corrected chi connectivity index (χ3v) is 5.65. The Balaban J connectivity index is 3.04. The minimum absolute atomic E-state index is 0.137. The first kappa shape index (κ1) is 18.2. The fourth-order valence-corrected chi connectivity index (χ4v) is 3.21. The van der Waals surface area contributed by atoms with Crippen LogP contribution in [-0.4, -0.2) is 35.7 Å². The quantitative estimate of drug-likeness (QED) is 0.752. The lowest BCUT2D eigenvalue weighted by Gasteiger charge is -2.11. The smallest absolute Gasteiger partial charge is 0.151 e. The van der Waals surface area contributed by atoms with E-state index in [0.717, 1.165) is 37.1 Å². The molecule has 6 heteroatoms. The van der Waals surface area contributed by atoms with E-state index in [9.17, 15) is 8.42 Å². The van der Waals surface area contributed by atoms with Crippen molar-refractivity contribution in [3.8, 4) is 0 Å². The van der Waals surface area contributed by atoms with Gasteiger partial charge in [0, 0.05) is 17.5 Å². The number of sulfone groups is 1. The zero-order chi connectivity index (χ0) is 16.0. The van der Waals surface area contributed by atoms with Crippen molar-refractivity contribution in [3.05, 3.63) is 17.0 Å². The van der Waals surface area contributed by atoms with Gasteiger partial charge < -0.3 is 5.73 Å². The van der Waals surface area contributed by atoms with Gasteiger partial charge in [-0.25, -0.2) is 8.42 Å². The van der Waals surface area contributed by atoms with Crippen molar-refractivity contribution in [3.63, 3.8) is 0 Å². The second kappa shape index (κ2) is 7.94. The number of hydrogen-bond acceptors (Lipinski definition) is 4. The van der Waals surface area contributed by atoms with Gasteiger partial charge in [0.25, 0.3) is 0 Å². The molecule has 0 spiro atoms. The molecular weight excluding hydrogens is 286 g/mol. The molecule has 1 unspecified atom stereocenters. The maximum Gasteiger partial charge on any atom is 0.151 e. The van der Waals surface area contributed by atoms with Gasteiger partial charge in [0.2, 0.25) is 0 Å². The molecule has 0 aliphatic heterocycles. The van der Waals surface area contributed by atoms with Crippen LogP contribution in [0.2, 0.25) is 0 Å². The fourth-order valence-electron chi connectivity index (χ4n) is 2.47. The van der Waals surface area contributed by atoms with E-state index >= 15 is 0 Å². The normalized spacial score (nSPS) is 13.6. The van der Waals surface area contributed by atoms with Gasteiger partial charge in [-0.15, -0.1) is 0 Å². The van der Waals surface area contributed by atoms with E-state index in [1.54, 1.807) is 6.92 Å². The maximum absolute atomic E-state index is 11.7. The van der Waals surface area contributed by atoms with Crippen molar-refractivity contribution >= 4 is 9.84 Å². The molecule has 0 radical (unpaired) electrons. The average Bonchev–Trinajstić information content (AvgIpc) is 2.81. The van der Waals surface area contributed by atoms with E-state index in [1.165, 1.54) is 5.56 Å². The van der Waals surface area contributed by atoms with Crippen molar-refractivity contribution < 1.29 is 8.42 Å². The van der Waals surface area contributed by atoms with E-state index in [4.69, 9.17) is 5.73 Å². The second-order valence-electron chi connectivity index (χ2n) is 5.41. The van der Waals surface area contributed by atoms with E-state index in [0.29, 0.717) is 6.54 Å². The largest absolute Gasteiger partial charge is 0.327 e. The number of nitrogens with two attached hydrogens (primary N) is 1. The number of hydrogen-bond donors (Lipinski definition) is 1. The summed E-state index contributed by atoms with van der Waals surface area (Å²) in [5.41, 5.74) is 9.52. The van der Waals surface area contributed by atoms with Crippen molar-refractivity contribution in [2.45, 2.75) is 66.0 Å². The molecule has 0 aromatic carbocycles. The van der Waals surface area contributed by atoms with Crippen LogP contribution >= 0.6 is 0 Å². The molecule has 1 atom stereocenters. The van der Waals surface area contributed by atoms with Crippen molar-refractivity contribution in [2.24, 2.45) is 5.73 Å². The summed E-state index contributed by atoms with van der Waals surface area (Å²) in [5, 5.41) is 4.62. The Morgan fingerprint density at radius 1 is 1.19 bits per heavy atom. The van der Waals surface area contributed by atoms with E-state index in [1.807, 2.05) is 4.68 Å². The molecule has 21 heavy (non-hydrogen) atoms. The summed E-state index contributed by atoms with van der Waals surface area (Å²) < 4.78 is 25.3. The molecule has 0 bridgehead atoms. The van der Waals surface area contributed by atoms with Crippen LogP contribution in [0.25, 0.3) is 0 Å². The lowest BCUT2D eigenvalue weighted by atomic mass is 10.00. The lowest BCUT2D eigenvalue weighted by molar-refractivity contribution is 0.572. The van der Waals surface area contributed by atoms with Crippen LogP contribution in [-0.2, 0) is 35.6 Å². The Kier molecular flexibility index (Phi) is 6.87. The Bertz CT molecular complexity index is 550. The van der Waals surface area contributed by atoms with Crippen LogP contribution < -0.4 is 5.73 Å². The predicted molar refractivity (Wildman–Crippen MR) is 87.3 cm³/mol. The number of aryl methyl sites for hydroxylation is 2. The summed E-state index contributed by atoms with van der Waals surface area (Å²) in [6, 6.07) is 0.137. The molecule has 122 valence electrons. The molecule has 5 nitrogen and oxygen atoms in total. The average molecular weight is 315 g/mol. The van der Waals surface area contributed by atoms with Gasteiger partial charge in [0.15, 0.2) is 9.84 Å².